The number of nitrogens with zero attached hydrogens (tertiary/aromatic N) is 1. The van der Waals surface area contributed by atoms with Crippen LogP contribution in [0, 0.1) is 0 Å². The minimum Gasteiger partial charge on any atom is -0.476 e. The molecule has 156 valence electrons. The maximum absolute atomic E-state index is 12.5. The van der Waals surface area contributed by atoms with Gasteiger partial charge >= 0.3 is 21.6 Å². The maximum Gasteiger partial charge on any atom is 0.534 e. The number of fused-ring (bicyclic) bond motifs is 1. The summed E-state index contributed by atoms with van der Waals surface area (Å²) in [5, 5.41) is 10.8. The van der Waals surface area contributed by atoms with Crippen LogP contribution in [-0.4, -0.2) is 58.9 Å². The van der Waals surface area contributed by atoms with Crippen LogP contribution in [0.25, 0.3) is 0 Å². The molecule has 1 aromatic rings. The van der Waals surface area contributed by atoms with Crippen molar-refractivity contribution in [2.45, 2.75) is 16.9 Å². The van der Waals surface area contributed by atoms with Crippen LogP contribution in [0.4, 0.5) is 13.2 Å². The predicted molar refractivity (Wildman–Crippen MR) is 91.5 cm³/mol. The third kappa shape index (κ3) is 3.76. The Morgan fingerprint density at radius 2 is 1.86 bits per heavy atom. The van der Waals surface area contributed by atoms with Gasteiger partial charge in [-0.05, 0) is 12.1 Å². The Morgan fingerprint density at radius 1 is 1.24 bits per heavy atom. The van der Waals surface area contributed by atoms with Gasteiger partial charge in [-0.2, -0.15) is 21.6 Å². The molecule has 0 aromatic heterocycles. The molecule has 2 heterocycles. The van der Waals surface area contributed by atoms with Crippen LogP contribution in [0.5, 0.6) is 0 Å². The van der Waals surface area contributed by atoms with Crippen LogP contribution >= 0.6 is 11.8 Å². The molecule has 2 N–H and O–H groups in total. The Balaban J connectivity index is 1.83. The number of β-lactam (4-membered cyclic amide) rings is 1. The highest BCUT2D eigenvalue weighted by Gasteiger charge is 2.56. The molecule has 1 fully saturated rings. The van der Waals surface area contributed by atoms with E-state index in [0.717, 1.165) is 11.8 Å². The largest absolute Gasteiger partial charge is 0.534 e. The first kappa shape index (κ1) is 21.0. The van der Waals surface area contributed by atoms with Crippen molar-refractivity contribution in [1.29, 1.82) is 0 Å². The number of thioether (sulfide) groups is 1. The molecule has 0 aliphatic carbocycles. The quantitative estimate of drug-likeness (QED) is 0.382. The number of carboxylic acid groups (broad SMARTS) is 1. The lowest BCUT2D eigenvalue weighted by atomic mass is 10.0. The predicted octanol–water partition coefficient (Wildman–Crippen LogP) is 0.863. The van der Waals surface area contributed by atoms with E-state index in [9.17, 15) is 41.1 Å². The van der Waals surface area contributed by atoms with Gasteiger partial charge < -0.3 is 14.6 Å². The van der Waals surface area contributed by atoms with Crippen LogP contribution in [-0.2, 0) is 23.9 Å². The molecule has 2 aliphatic rings. The lowest BCUT2D eigenvalue weighted by Gasteiger charge is -2.48. The molecule has 0 spiro atoms. The molecule has 0 bridgehead atoms. The summed E-state index contributed by atoms with van der Waals surface area (Å²) in [6, 6.07) is 6.69. The number of carbonyl (C=O) groups is 3. The molecule has 29 heavy (non-hydrogen) atoms. The van der Waals surface area contributed by atoms with Gasteiger partial charge in [0.2, 0.25) is 0 Å². The smallest absolute Gasteiger partial charge is 0.476 e. The second kappa shape index (κ2) is 7.26. The summed E-state index contributed by atoms with van der Waals surface area (Å²) in [5.41, 5.74) is -6.54. The molecular formula is C15H11F3N2O7S2. The van der Waals surface area contributed by atoms with Gasteiger partial charge in [0.1, 0.15) is 11.4 Å². The molecule has 14 heteroatoms. The number of amides is 2. The summed E-state index contributed by atoms with van der Waals surface area (Å²) in [4.78, 5) is 36.6. The van der Waals surface area contributed by atoms with Crippen molar-refractivity contribution >= 4 is 39.7 Å². The zero-order chi connectivity index (χ0) is 21.6. The number of aliphatic carboxylic acids is 1. The summed E-state index contributed by atoms with van der Waals surface area (Å²) in [5.74, 6) is -4.97. The van der Waals surface area contributed by atoms with Gasteiger partial charge in [-0.25, -0.2) is 4.79 Å². The Bertz CT molecular complexity index is 1010. The highest BCUT2D eigenvalue weighted by atomic mass is 32.2. The van der Waals surface area contributed by atoms with Gasteiger partial charge in [-0.15, -0.1) is 11.8 Å². The molecule has 1 saturated heterocycles. The number of carbonyl (C=O) groups excluding carboxylic acids is 2. The van der Waals surface area contributed by atoms with E-state index in [-0.39, 0.29) is 5.56 Å². The number of nitrogens with one attached hydrogen (secondary N) is 1. The molecule has 0 saturated carbocycles. The van der Waals surface area contributed by atoms with Crippen molar-refractivity contribution in [3.63, 3.8) is 0 Å². The number of benzene rings is 1. The summed E-state index contributed by atoms with van der Waals surface area (Å²) in [6.45, 7) is 0. The van der Waals surface area contributed by atoms with Gasteiger partial charge in [-0.3, -0.25) is 14.5 Å². The molecule has 2 atom stereocenters. The molecule has 0 unspecified atom stereocenters. The second-order valence-electron chi connectivity index (χ2n) is 5.79. The first-order valence-corrected chi connectivity index (χ1v) is 10.2. The fraction of sp³-hybridized carbons (Fsp3) is 0.267. The number of halogens is 3. The SMILES string of the molecule is O=C(O)C1=C(OS(=O)(=O)C(F)(F)F)CS[C@@H]2[C@H](NC(=O)c3ccccc3)C(=O)N12. The third-order valence-electron chi connectivity index (χ3n) is 3.95. The number of carboxylic acids is 1. The van der Waals surface area contributed by atoms with Crippen LogP contribution in [0.15, 0.2) is 41.8 Å². The first-order chi connectivity index (χ1) is 13.4. The van der Waals surface area contributed by atoms with Crippen LogP contribution in [0.1, 0.15) is 10.4 Å². The zero-order valence-electron chi connectivity index (χ0n) is 14.0. The summed E-state index contributed by atoms with van der Waals surface area (Å²) in [6.07, 6.45) is 0. The van der Waals surface area contributed by atoms with E-state index in [1.54, 1.807) is 18.2 Å². The lowest BCUT2D eigenvalue weighted by Crippen LogP contribution is -2.70. The highest BCUT2D eigenvalue weighted by molar-refractivity contribution is 8.00. The van der Waals surface area contributed by atoms with Crippen molar-refractivity contribution in [2.24, 2.45) is 0 Å². The first-order valence-electron chi connectivity index (χ1n) is 7.72. The van der Waals surface area contributed by atoms with Crippen LogP contribution in [0.3, 0.4) is 0 Å². The number of hydrogen-bond donors (Lipinski definition) is 2. The van der Waals surface area contributed by atoms with Crippen molar-refractivity contribution in [3.05, 3.63) is 47.4 Å². The van der Waals surface area contributed by atoms with Crippen molar-refractivity contribution in [1.82, 2.24) is 10.2 Å². The molecule has 1 aromatic carbocycles. The van der Waals surface area contributed by atoms with Gasteiger partial charge in [0.25, 0.3) is 11.8 Å². The highest BCUT2D eigenvalue weighted by Crippen LogP contribution is 2.42. The Labute approximate surface area is 165 Å². The van der Waals surface area contributed by atoms with Crippen molar-refractivity contribution in [3.8, 4) is 0 Å². The normalized spacial score (nSPS) is 21.9. The monoisotopic (exact) mass is 452 g/mol. The van der Waals surface area contributed by atoms with Crippen LogP contribution in [0.2, 0.25) is 0 Å². The molecular weight excluding hydrogens is 441 g/mol. The van der Waals surface area contributed by atoms with E-state index in [0.29, 0.717) is 4.90 Å². The van der Waals surface area contributed by atoms with Crippen molar-refractivity contribution < 1.29 is 45.3 Å². The lowest BCUT2D eigenvalue weighted by molar-refractivity contribution is -0.149. The van der Waals surface area contributed by atoms with E-state index in [4.69, 9.17) is 0 Å². The molecule has 2 amide bonds. The Hall–Kier alpha value is -2.74. The minimum atomic E-state index is -6.11. The standard InChI is InChI=1S/C15H11F3N2O7S2/c16-15(17,18)29(25,26)27-8-6-28-13-9(12(22)20(13)10(8)14(23)24)19-11(21)7-4-2-1-3-5-7/h1-5,9,13H,6H2,(H,19,21)(H,23,24)/t9-,13-/m1/s1. The van der Waals surface area contributed by atoms with Crippen molar-refractivity contribution in [2.75, 3.05) is 5.75 Å². The molecule has 9 nitrogen and oxygen atoms in total. The zero-order valence-corrected chi connectivity index (χ0v) is 15.7. The Kier molecular flexibility index (Phi) is 5.25. The average Bonchev–Trinajstić information content (AvgIpc) is 2.64. The number of rotatable bonds is 5. The summed E-state index contributed by atoms with van der Waals surface area (Å²) < 4.78 is 63.9. The van der Waals surface area contributed by atoms with Gasteiger partial charge in [0.05, 0.1) is 5.75 Å². The second-order valence-corrected chi connectivity index (χ2v) is 8.43. The van der Waals surface area contributed by atoms with Gasteiger partial charge in [0, 0.05) is 5.56 Å². The van der Waals surface area contributed by atoms with E-state index in [2.05, 4.69) is 9.50 Å². The maximum atomic E-state index is 12.5. The fourth-order valence-corrected chi connectivity index (χ4v) is 4.47. The van der Waals surface area contributed by atoms with Gasteiger partial charge in [-0.1, -0.05) is 18.2 Å². The van der Waals surface area contributed by atoms with Gasteiger partial charge in [0.15, 0.2) is 11.5 Å². The molecule has 2 aliphatic heterocycles. The molecule has 0 radical (unpaired) electrons. The van der Waals surface area contributed by atoms with E-state index < -0.39 is 62.0 Å². The number of alkyl halides is 3. The van der Waals surface area contributed by atoms with E-state index in [1.165, 1.54) is 12.1 Å². The minimum absolute atomic E-state index is 0.244. The summed E-state index contributed by atoms with van der Waals surface area (Å²) in [7, 11) is -6.11. The topological polar surface area (TPSA) is 130 Å². The van der Waals surface area contributed by atoms with E-state index in [1.807, 2.05) is 0 Å². The molecule has 3 rings (SSSR count). The fourth-order valence-electron chi connectivity index (χ4n) is 2.65. The Morgan fingerprint density at radius 3 is 2.41 bits per heavy atom. The number of hydrogen-bond acceptors (Lipinski definition) is 7. The van der Waals surface area contributed by atoms with E-state index >= 15 is 0 Å². The summed E-state index contributed by atoms with van der Waals surface area (Å²) >= 11 is 0.755. The third-order valence-corrected chi connectivity index (χ3v) is 6.19. The van der Waals surface area contributed by atoms with Crippen LogP contribution < -0.4 is 5.32 Å². The average molecular weight is 452 g/mol.